The number of hydrogen-bond donors (Lipinski definition) is 3. The highest BCUT2D eigenvalue weighted by Gasteiger charge is 2.20. The highest BCUT2D eigenvalue weighted by molar-refractivity contribution is 14.0. The maximum Gasteiger partial charge on any atom is 0.240 e. The van der Waals surface area contributed by atoms with E-state index in [1.165, 1.54) is 0 Å². The zero-order chi connectivity index (χ0) is 20.6. The average Bonchev–Trinajstić information content (AvgIpc) is 3.18. The van der Waals surface area contributed by atoms with Gasteiger partial charge in [-0.25, -0.2) is 18.1 Å². The Bertz CT molecular complexity index is 733. The molecule has 2 unspecified atom stereocenters. The van der Waals surface area contributed by atoms with Crippen LogP contribution in [-0.2, 0) is 21.3 Å². The monoisotopic (exact) mass is 538 g/mol. The van der Waals surface area contributed by atoms with Crippen molar-refractivity contribution < 1.29 is 13.2 Å². The maximum atomic E-state index is 12.4. The molecule has 0 aromatic heterocycles. The normalized spacial score (nSPS) is 18.4. The zero-order valence-electron chi connectivity index (χ0n) is 17.8. The van der Waals surface area contributed by atoms with E-state index in [9.17, 15) is 8.42 Å². The van der Waals surface area contributed by atoms with Gasteiger partial charge in [0.05, 0.1) is 17.5 Å². The van der Waals surface area contributed by atoms with Crippen LogP contribution in [0.15, 0.2) is 34.2 Å². The van der Waals surface area contributed by atoms with Gasteiger partial charge in [0.15, 0.2) is 5.96 Å². The molecule has 166 valence electrons. The predicted molar refractivity (Wildman–Crippen MR) is 128 cm³/mol. The molecule has 1 aromatic carbocycles. The van der Waals surface area contributed by atoms with Gasteiger partial charge in [-0.3, -0.25) is 0 Å². The molecule has 0 bridgehead atoms. The molecular weight excluding hydrogens is 503 g/mol. The molecule has 1 heterocycles. The van der Waals surface area contributed by atoms with Crippen molar-refractivity contribution in [1.82, 2.24) is 15.4 Å². The Hall–Kier alpha value is -0.910. The van der Waals surface area contributed by atoms with Crippen molar-refractivity contribution >= 4 is 40.0 Å². The van der Waals surface area contributed by atoms with Crippen LogP contribution in [0.25, 0.3) is 0 Å². The van der Waals surface area contributed by atoms with Gasteiger partial charge >= 0.3 is 0 Å². The number of sulfonamides is 1. The van der Waals surface area contributed by atoms with E-state index in [-0.39, 0.29) is 35.0 Å². The summed E-state index contributed by atoms with van der Waals surface area (Å²) in [5, 5.41) is 6.63. The molecule has 29 heavy (non-hydrogen) atoms. The fourth-order valence-electron chi connectivity index (χ4n) is 2.74. The molecule has 7 nitrogen and oxygen atoms in total. The lowest BCUT2D eigenvalue weighted by molar-refractivity contribution is 0.114. The van der Waals surface area contributed by atoms with Crippen molar-refractivity contribution in [3.8, 4) is 0 Å². The first kappa shape index (κ1) is 26.1. The number of rotatable bonds is 9. The van der Waals surface area contributed by atoms with Crippen LogP contribution in [-0.4, -0.2) is 46.2 Å². The van der Waals surface area contributed by atoms with E-state index in [0.717, 1.165) is 30.9 Å². The second-order valence-corrected chi connectivity index (χ2v) is 9.27. The summed E-state index contributed by atoms with van der Waals surface area (Å²) in [5.41, 5.74) is 0.951. The molecule has 0 aliphatic carbocycles. The number of hydrogen-bond acceptors (Lipinski definition) is 4. The SMILES string of the molecule is CCNC(=NCc1ccc(S(=O)(=O)NCC2CCCO2)cc1)NC(C)C(C)C.I. The molecule has 0 radical (unpaired) electrons. The first-order valence-electron chi connectivity index (χ1n) is 10.1. The summed E-state index contributed by atoms with van der Waals surface area (Å²) in [7, 11) is -3.52. The summed E-state index contributed by atoms with van der Waals surface area (Å²) in [5.74, 6) is 1.26. The standard InChI is InChI=1S/C20H34N4O3S.HI/c1-5-21-20(24-16(4)15(2)3)22-13-17-8-10-19(11-9-17)28(25,26)23-14-18-7-6-12-27-18;/h8-11,15-16,18,23H,5-7,12-14H2,1-4H3,(H2,21,22,24);1H. The van der Waals surface area contributed by atoms with Gasteiger partial charge < -0.3 is 15.4 Å². The fourth-order valence-corrected chi connectivity index (χ4v) is 3.80. The molecule has 1 aromatic rings. The first-order valence-corrected chi connectivity index (χ1v) is 11.5. The Labute approximate surface area is 192 Å². The number of aliphatic imine (C=N–C) groups is 1. The molecule has 3 N–H and O–H groups in total. The molecule has 2 atom stereocenters. The molecule has 1 aliphatic heterocycles. The summed E-state index contributed by atoms with van der Waals surface area (Å²) in [4.78, 5) is 4.86. The van der Waals surface area contributed by atoms with Crippen LogP contribution in [0.2, 0.25) is 0 Å². The topological polar surface area (TPSA) is 91.8 Å². The van der Waals surface area contributed by atoms with Crippen molar-refractivity contribution in [2.45, 2.75) is 64.1 Å². The van der Waals surface area contributed by atoms with E-state index in [4.69, 9.17) is 4.74 Å². The number of benzene rings is 1. The van der Waals surface area contributed by atoms with Crippen LogP contribution >= 0.6 is 24.0 Å². The average molecular weight is 538 g/mol. The van der Waals surface area contributed by atoms with Crippen molar-refractivity contribution in [1.29, 1.82) is 0 Å². The van der Waals surface area contributed by atoms with Gasteiger partial charge in [-0.05, 0) is 50.3 Å². The third-order valence-electron chi connectivity index (χ3n) is 4.89. The van der Waals surface area contributed by atoms with Crippen molar-refractivity contribution in [3.05, 3.63) is 29.8 Å². The van der Waals surface area contributed by atoms with Crippen LogP contribution in [0.1, 0.15) is 46.1 Å². The van der Waals surface area contributed by atoms with Gasteiger partial charge in [0, 0.05) is 25.7 Å². The Balaban J connectivity index is 0.00000420. The smallest absolute Gasteiger partial charge is 0.240 e. The highest BCUT2D eigenvalue weighted by Crippen LogP contribution is 2.14. The van der Waals surface area contributed by atoms with Crippen molar-refractivity contribution in [2.24, 2.45) is 10.9 Å². The van der Waals surface area contributed by atoms with Crippen LogP contribution < -0.4 is 15.4 Å². The number of nitrogens with one attached hydrogen (secondary N) is 3. The minimum atomic E-state index is -3.52. The Morgan fingerprint density at radius 2 is 1.93 bits per heavy atom. The third kappa shape index (κ3) is 8.77. The largest absolute Gasteiger partial charge is 0.377 e. The lowest BCUT2D eigenvalue weighted by atomic mass is 10.1. The summed E-state index contributed by atoms with van der Waals surface area (Å²) >= 11 is 0. The second kappa shape index (κ2) is 12.7. The van der Waals surface area contributed by atoms with Crippen LogP contribution in [0.4, 0.5) is 0 Å². The molecule has 0 saturated carbocycles. The molecule has 0 amide bonds. The molecular formula is C20H35IN4O3S. The summed E-state index contributed by atoms with van der Waals surface area (Å²) in [6.45, 7) is 10.8. The van der Waals surface area contributed by atoms with Crippen molar-refractivity contribution in [3.63, 3.8) is 0 Å². The third-order valence-corrected chi connectivity index (χ3v) is 6.33. The quantitative estimate of drug-likeness (QED) is 0.256. The van der Waals surface area contributed by atoms with E-state index >= 15 is 0 Å². The van der Waals surface area contributed by atoms with E-state index in [1.807, 2.05) is 6.92 Å². The predicted octanol–water partition coefficient (Wildman–Crippen LogP) is 2.86. The zero-order valence-corrected chi connectivity index (χ0v) is 20.9. The summed E-state index contributed by atoms with van der Waals surface area (Å²) in [6, 6.07) is 7.17. The molecule has 1 fully saturated rings. The Morgan fingerprint density at radius 1 is 1.24 bits per heavy atom. The Kier molecular flexibility index (Phi) is 11.4. The van der Waals surface area contributed by atoms with Gasteiger partial charge in [0.2, 0.25) is 10.0 Å². The fraction of sp³-hybridized carbons (Fsp3) is 0.650. The van der Waals surface area contributed by atoms with Crippen LogP contribution in [0.5, 0.6) is 0 Å². The van der Waals surface area contributed by atoms with E-state index < -0.39 is 10.0 Å². The summed E-state index contributed by atoms with van der Waals surface area (Å²) < 4.78 is 32.9. The minimum Gasteiger partial charge on any atom is -0.377 e. The molecule has 2 rings (SSSR count). The van der Waals surface area contributed by atoms with E-state index in [1.54, 1.807) is 24.3 Å². The molecule has 1 saturated heterocycles. The minimum absolute atomic E-state index is 0. The first-order chi connectivity index (χ1) is 13.3. The van der Waals surface area contributed by atoms with E-state index in [0.29, 0.717) is 31.7 Å². The van der Waals surface area contributed by atoms with Gasteiger partial charge in [-0.15, -0.1) is 24.0 Å². The van der Waals surface area contributed by atoms with E-state index in [2.05, 4.69) is 41.1 Å². The van der Waals surface area contributed by atoms with Crippen LogP contribution in [0.3, 0.4) is 0 Å². The number of nitrogens with zero attached hydrogens (tertiary/aromatic N) is 1. The van der Waals surface area contributed by atoms with Crippen molar-refractivity contribution in [2.75, 3.05) is 19.7 Å². The maximum absolute atomic E-state index is 12.4. The lowest BCUT2D eigenvalue weighted by Crippen LogP contribution is -2.44. The Morgan fingerprint density at radius 3 is 2.48 bits per heavy atom. The number of ether oxygens (including phenoxy) is 1. The van der Waals surface area contributed by atoms with Crippen LogP contribution in [0, 0.1) is 5.92 Å². The second-order valence-electron chi connectivity index (χ2n) is 7.50. The van der Waals surface area contributed by atoms with Gasteiger partial charge in [0.1, 0.15) is 0 Å². The molecule has 9 heteroatoms. The number of halogens is 1. The highest BCUT2D eigenvalue weighted by atomic mass is 127. The van der Waals surface area contributed by atoms with Gasteiger partial charge in [-0.2, -0.15) is 0 Å². The van der Waals surface area contributed by atoms with Gasteiger partial charge in [-0.1, -0.05) is 26.0 Å². The van der Waals surface area contributed by atoms with Gasteiger partial charge in [0.25, 0.3) is 0 Å². The lowest BCUT2D eigenvalue weighted by Gasteiger charge is -2.20. The number of guanidine groups is 1. The molecule has 0 spiro atoms. The summed E-state index contributed by atoms with van der Waals surface area (Å²) in [6.07, 6.45) is 1.87. The molecule has 1 aliphatic rings.